The molecular weight excluding hydrogens is 98.1 g/mol. The molecule has 0 bridgehead atoms. The minimum atomic E-state index is 0.657. The Kier molecular flexibility index (Phi) is 1.52. The van der Waals surface area contributed by atoms with Crippen LogP contribution in [0, 0.1) is 0 Å². The Morgan fingerprint density at radius 3 is 3.00 bits per heavy atom. The van der Waals surface area contributed by atoms with Gasteiger partial charge in [0.05, 0.1) is 5.75 Å². The smallest absolute Gasteiger partial charge is 0.252 e. The monoisotopic (exact) mass is 104 g/mol. The zero-order valence-electron chi connectivity index (χ0n) is 3.31. The van der Waals surface area contributed by atoms with Crippen LogP contribution in [0.4, 0.5) is 0 Å². The highest BCUT2D eigenvalue weighted by atomic mass is 32.2. The highest BCUT2D eigenvalue weighted by Gasteiger charge is 1.93. The van der Waals surface area contributed by atoms with E-state index in [1.807, 2.05) is 6.21 Å². The van der Waals surface area contributed by atoms with Crippen LogP contribution in [0.3, 0.4) is 0 Å². The molecule has 0 aromatic rings. The summed E-state index contributed by atoms with van der Waals surface area (Å²) < 4.78 is 4.84. The van der Waals surface area contributed by atoms with Crippen molar-refractivity contribution in [3.05, 3.63) is 0 Å². The minimum absolute atomic E-state index is 0.657. The highest BCUT2D eigenvalue weighted by molar-refractivity contribution is 7.95. The van der Waals surface area contributed by atoms with Crippen LogP contribution in [0.2, 0.25) is 0 Å². The molecule has 0 unspecified atom stereocenters. The first kappa shape index (κ1) is 4.15. The van der Waals surface area contributed by atoms with Crippen LogP contribution in [0.5, 0.6) is 0 Å². The molecule has 0 atom stereocenters. The molecule has 2 nitrogen and oxygen atoms in total. The van der Waals surface area contributed by atoms with E-state index < -0.39 is 0 Å². The van der Waals surface area contributed by atoms with Crippen molar-refractivity contribution in [3.63, 3.8) is 0 Å². The Labute approximate surface area is 40.8 Å². The Morgan fingerprint density at radius 2 is 2.83 bits per heavy atom. The molecule has 0 aromatic carbocycles. The number of hydrogen-bond acceptors (Lipinski definition) is 2. The van der Waals surface area contributed by atoms with E-state index in [1.54, 1.807) is 0 Å². The summed E-state index contributed by atoms with van der Waals surface area (Å²) in [6, 6.07) is 0. The normalized spacial score (nSPS) is 21.3. The van der Waals surface area contributed by atoms with Crippen LogP contribution in [-0.4, -0.2) is 18.7 Å². The van der Waals surface area contributed by atoms with E-state index in [0.717, 1.165) is 5.75 Å². The van der Waals surface area contributed by atoms with Crippen molar-refractivity contribution in [2.75, 3.05) is 12.5 Å². The maximum absolute atomic E-state index is 4.84. The van der Waals surface area contributed by atoms with Gasteiger partial charge in [-0.25, -0.2) is 4.99 Å². The largest absolute Gasteiger partial charge is 0.256 e. The van der Waals surface area contributed by atoms with E-state index in [4.69, 9.17) is 4.18 Å². The molecule has 0 saturated heterocycles. The Bertz CT molecular complexity index is 55.8. The lowest BCUT2D eigenvalue weighted by molar-refractivity contribution is -0.491. The fourth-order valence-corrected chi connectivity index (χ4v) is 0.709. The van der Waals surface area contributed by atoms with Gasteiger partial charge in [-0.15, -0.1) is 0 Å². The van der Waals surface area contributed by atoms with Gasteiger partial charge < -0.3 is 0 Å². The van der Waals surface area contributed by atoms with Crippen molar-refractivity contribution in [1.82, 2.24) is 0 Å². The fraction of sp³-hybridized carbons (Fsp3) is 0.667. The molecule has 0 aromatic heterocycles. The summed E-state index contributed by atoms with van der Waals surface area (Å²) in [7, 11) is 0. The third kappa shape index (κ3) is 0.988. The summed E-state index contributed by atoms with van der Waals surface area (Å²) in [4.78, 5) is 2.92. The molecule has 1 aliphatic rings. The summed E-state index contributed by atoms with van der Waals surface area (Å²) in [6.07, 6.45) is 1.98. The van der Waals surface area contributed by atoms with E-state index in [2.05, 4.69) is 4.99 Å². The molecule has 0 fully saturated rings. The molecule has 0 amide bonds. The molecule has 1 aliphatic heterocycles. The van der Waals surface area contributed by atoms with Gasteiger partial charge in [-0.3, -0.25) is 4.18 Å². The van der Waals surface area contributed by atoms with Gasteiger partial charge in [-0.2, -0.15) is 0 Å². The first-order valence-corrected chi connectivity index (χ1v) is 2.71. The summed E-state index contributed by atoms with van der Waals surface area (Å²) in [5.74, 6) is 0.958. The Morgan fingerprint density at radius 1 is 1.83 bits per heavy atom. The molecule has 1 heterocycles. The van der Waals surface area contributed by atoms with Crippen LogP contribution in [-0.2, 0) is 4.18 Å². The van der Waals surface area contributed by atoms with Crippen LogP contribution >= 0.6 is 12.0 Å². The van der Waals surface area contributed by atoms with E-state index >= 15 is 0 Å². The lowest BCUT2D eigenvalue weighted by Gasteiger charge is -1.93. The highest BCUT2D eigenvalue weighted by Crippen LogP contribution is 1.95. The van der Waals surface area contributed by atoms with Gasteiger partial charge in [-0.1, -0.05) is 0 Å². The van der Waals surface area contributed by atoms with Crippen molar-refractivity contribution in [1.29, 1.82) is 0 Å². The van der Waals surface area contributed by atoms with Gasteiger partial charge in [0.15, 0.2) is 6.21 Å². The molecule has 34 valence electrons. The van der Waals surface area contributed by atoms with Gasteiger partial charge in [-0.05, 0) is 0 Å². The second kappa shape index (κ2) is 2.21. The Hall–Kier alpha value is -0.0200. The number of rotatable bonds is 0. The van der Waals surface area contributed by atoms with Crippen molar-refractivity contribution in [2.24, 2.45) is 0 Å². The lowest BCUT2D eigenvalue weighted by atomic mass is 10.9. The van der Waals surface area contributed by atoms with E-state index in [1.165, 1.54) is 12.0 Å². The van der Waals surface area contributed by atoms with Crippen LogP contribution < -0.4 is 4.99 Å². The van der Waals surface area contributed by atoms with Crippen LogP contribution in [0.1, 0.15) is 0 Å². The molecule has 1 rings (SSSR count). The van der Waals surface area contributed by atoms with Gasteiger partial charge >= 0.3 is 0 Å². The average molecular weight is 104 g/mol. The summed E-state index contributed by atoms with van der Waals surface area (Å²) >= 11 is 1.48. The fourth-order valence-electron chi connectivity index (χ4n) is 0.276. The number of nitrogens with one attached hydrogen (secondary N) is 1. The summed E-state index contributed by atoms with van der Waals surface area (Å²) in [6.45, 7) is 0.657. The van der Waals surface area contributed by atoms with Gasteiger partial charge in [0, 0.05) is 12.0 Å². The Balaban J connectivity index is 2.26. The molecule has 0 radical (unpaired) electrons. The second-order valence-corrected chi connectivity index (χ2v) is 1.76. The average Bonchev–Trinajstić information content (AvgIpc) is 1.72. The van der Waals surface area contributed by atoms with Crippen molar-refractivity contribution >= 4 is 18.3 Å². The molecule has 6 heavy (non-hydrogen) atoms. The molecule has 3 heteroatoms. The predicted octanol–water partition coefficient (Wildman–Crippen LogP) is -1.23. The van der Waals surface area contributed by atoms with Gasteiger partial charge in [0.25, 0.3) is 6.73 Å². The molecule has 0 aliphatic carbocycles. The van der Waals surface area contributed by atoms with Crippen molar-refractivity contribution < 1.29 is 9.18 Å². The first-order valence-electron chi connectivity index (χ1n) is 1.79. The van der Waals surface area contributed by atoms with E-state index in [0.29, 0.717) is 6.73 Å². The maximum Gasteiger partial charge on any atom is 0.256 e. The van der Waals surface area contributed by atoms with Gasteiger partial charge in [0.1, 0.15) is 0 Å². The van der Waals surface area contributed by atoms with Crippen molar-refractivity contribution in [3.8, 4) is 0 Å². The quantitative estimate of drug-likeness (QED) is 0.389. The van der Waals surface area contributed by atoms with Crippen molar-refractivity contribution in [2.45, 2.75) is 0 Å². The second-order valence-electron chi connectivity index (χ2n) is 0.955. The maximum atomic E-state index is 4.84. The molecule has 1 N–H and O–H groups in total. The zero-order valence-corrected chi connectivity index (χ0v) is 4.12. The standard InChI is InChI=1S/C3H5NOS/c1-2-6-5-3-4-1/h1H,2-3H2/p+1. The van der Waals surface area contributed by atoms with E-state index in [9.17, 15) is 0 Å². The summed E-state index contributed by atoms with van der Waals surface area (Å²) in [5, 5.41) is 0. The molecular formula is C3H6NOS+. The number of hydrogen-bond donors (Lipinski definition) is 1. The summed E-state index contributed by atoms with van der Waals surface area (Å²) in [5.41, 5.74) is 0. The van der Waals surface area contributed by atoms with Crippen LogP contribution in [0.15, 0.2) is 0 Å². The SMILES string of the molecule is C1=[NH+]COSC1. The van der Waals surface area contributed by atoms with Crippen LogP contribution in [0.25, 0.3) is 0 Å². The third-order valence-corrected chi connectivity index (χ3v) is 1.11. The third-order valence-electron chi connectivity index (χ3n) is 0.521. The minimum Gasteiger partial charge on any atom is -0.252 e. The van der Waals surface area contributed by atoms with E-state index in [-0.39, 0.29) is 0 Å². The lowest BCUT2D eigenvalue weighted by Crippen LogP contribution is -2.71. The van der Waals surface area contributed by atoms with Gasteiger partial charge in [0.2, 0.25) is 0 Å². The molecule has 0 saturated carbocycles. The zero-order chi connectivity index (χ0) is 4.24. The first-order chi connectivity index (χ1) is 3.00. The topological polar surface area (TPSA) is 23.2 Å². The predicted molar refractivity (Wildman–Crippen MR) is 25.4 cm³/mol. The molecule has 0 spiro atoms.